The van der Waals surface area contributed by atoms with E-state index in [0.717, 1.165) is 0 Å². The summed E-state index contributed by atoms with van der Waals surface area (Å²) in [5.41, 5.74) is 1.17. The van der Waals surface area contributed by atoms with E-state index in [9.17, 15) is 9.90 Å². The number of aromatic hydroxyl groups is 1. The minimum atomic E-state index is -0.460. The monoisotopic (exact) mass is 268 g/mol. The van der Waals surface area contributed by atoms with Crippen LogP contribution in [-0.2, 0) is 4.79 Å². The number of pyridine rings is 1. The van der Waals surface area contributed by atoms with Crippen molar-refractivity contribution in [2.24, 2.45) is 0 Å². The van der Waals surface area contributed by atoms with Gasteiger partial charge in [-0.2, -0.15) is 9.83 Å². The van der Waals surface area contributed by atoms with Gasteiger partial charge in [-0.3, -0.25) is 4.79 Å². The van der Waals surface area contributed by atoms with E-state index in [0.29, 0.717) is 11.3 Å². The van der Waals surface area contributed by atoms with Crippen molar-refractivity contribution >= 4 is 11.6 Å². The third-order valence-corrected chi connectivity index (χ3v) is 2.91. The smallest absolute Gasteiger partial charge is 0.293 e. The second-order valence-corrected chi connectivity index (χ2v) is 4.36. The SMILES string of the molecule is C[C@H](C(=O)Nc1ccc(C#N)cc1)[n+]1cccc(O)c1. The van der Waals surface area contributed by atoms with Gasteiger partial charge in [0, 0.05) is 18.7 Å². The van der Waals surface area contributed by atoms with E-state index < -0.39 is 6.04 Å². The van der Waals surface area contributed by atoms with Crippen LogP contribution in [0.25, 0.3) is 0 Å². The van der Waals surface area contributed by atoms with Crippen LogP contribution in [0.4, 0.5) is 5.69 Å². The normalized spacial score (nSPS) is 11.4. The maximum atomic E-state index is 12.1. The van der Waals surface area contributed by atoms with Crippen molar-refractivity contribution < 1.29 is 14.5 Å². The third kappa shape index (κ3) is 3.12. The zero-order valence-electron chi connectivity index (χ0n) is 10.9. The Morgan fingerprint density at radius 3 is 2.65 bits per heavy atom. The van der Waals surface area contributed by atoms with Gasteiger partial charge in [-0.25, -0.2) is 0 Å². The standard InChI is InChI=1S/C15H13N3O2/c1-11(18-8-2-3-14(19)10-18)15(20)17-13-6-4-12(9-16)5-7-13/h2-8,10-11H,1H3,(H-,17,19,20)/p+1/t11-/m1/s1. The average Bonchev–Trinajstić information content (AvgIpc) is 2.47. The van der Waals surface area contributed by atoms with Crippen molar-refractivity contribution in [1.82, 2.24) is 0 Å². The van der Waals surface area contributed by atoms with Crippen LogP contribution >= 0.6 is 0 Å². The average molecular weight is 268 g/mol. The number of hydrogen-bond donors (Lipinski definition) is 2. The summed E-state index contributed by atoms with van der Waals surface area (Å²) in [7, 11) is 0. The molecule has 1 heterocycles. The van der Waals surface area contributed by atoms with Gasteiger partial charge in [0.15, 0.2) is 11.9 Å². The molecule has 0 aliphatic carbocycles. The molecular weight excluding hydrogens is 254 g/mol. The fraction of sp³-hybridized carbons (Fsp3) is 0.133. The first-order valence-electron chi connectivity index (χ1n) is 6.11. The number of nitriles is 1. The van der Waals surface area contributed by atoms with Crippen molar-refractivity contribution in [2.75, 3.05) is 5.32 Å². The van der Waals surface area contributed by atoms with Gasteiger partial charge in [-0.1, -0.05) is 0 Å². The summed E-state index contributed by atoms with van der Waals surface area (Å²) in [6, 6.07) is 11.4. The van der Waals surface area contributed by atoms with Crippen LogP contribution in [0, 0.1) is 11.3 Å². The summed E-state index contributed by atoms with van der Waals surface area (Å²) in [5.74, 6) is -0.101. The number of amides is 1. The molecule has 1 aromatic carbocycles. The lowest BCUT2D eigenvalue weighted by Crippen LogP contribution is -2.43. The third-order valence-electron chi connectivity index (χ3n) is 2.91. The molecule has 0 unspecified atom stereocenters. The van der Waals surface area contributed by atoms with E-state index in [4.69, 9.17) is 5.26 Å². The fourth-order valence-corrected chi connectivity index (χ4v) is 1.73. The van der Waals surface area contributed by atoms with Crippen molar-refractivity contribution in [3.05, 3.63) is 54.4 Å². The van der Waals surface area contributed by atoms with Crippen molar-refractivity contribution in [2.45, 2.75) is 13.0 Å². The lowest BCUT2D eigenvalue weighted by atomic mass is 10.2. The van der Waals surface area contributed by atoms with E-state index in [1.165, 1.54) is 6.20 Å². The second kappa shape index (κ2) is 5.85. The number of rotatable bonds is 3. The minimum Gasteiger partial charge on any atom is -0.503 e. The summed E-state index contributed by atoms with van der Waals surface area (Å²) in [5, 5.41) is 20.9. The Morgan fingerprint density at radius 2 is 2.05 bits per heavy atom. The molecule has 0 aliphatic rings. The number of carbonyl (C=O) groups excluding carboxylic acids is 1. The lowest BCUT2D eigenvalue weighted by Gasteiger charge is -2.08. The molecule has 1 atom stereocenters. The summed E-state index contributed by atoms with van der Waals surface area (Å²) >= 11 is 0. The van der Waals surface area contributed by atoms with Gasteiger partial charge in [-0.05, 0) is 30.3 Å². The van der Waals surface area contributed by atoms with Gasteiger partial charge in [0.2, 0.25) is 12.2 Å². The molecule has 100 valence electrons. The van der Waals surface area contributed by atoms with Crippen molar-refractivity contribution in [1.29, 1.82) is 5.26 Å². The quantitative estimate of drug-likeness (QED) is 0.832. The number of benzene rings is 1. The van der Waals surface area contributed by atoms with Crippen LogP contribution in [-0.4, -0.2) is 11.0 Å². The maximum absolute atomic E-state index is 12.1. The molecular formula is C15H14N3O2+. The molecule has 0 radical (unpaired) electrons. The van der Waals surface area contributed by atoms with Crippen molar-refractivity contribution in [3.63, 3.8) is 0 Å². The lowest BCUT2D eigenvalue weighted by molar-refractivity contribution is -0.705. The number of aromatic nitrogens is 1. The maximum Gasteiger partial charge on any atom is 0.293 e. The van der Waals surface area contributed by atoms with Gasteiger partial charge < -0.3 is 10.4 Å². The Labute approximate surface area is 116 Å². The van der Waals surface area contributed by atoms with Gasteiger partial charge in [0.1, 0.15) is 0 Å². The van der Waals surface area contributed by atoms with E-state index in [1.807, 2.05) is 6.07 Å². The van der Waals surface area contributed by atoms with E-state index in [-0.39, 0.29) is 11.7 Å². The molecule has 2 N–H and O–H groups in total. The highest BCUT2D eigenvalue weighted by molar-refractivity contribution is 5.92. The second-order valence-electron chi connectivity index (χ2n) is 4.36. The first-order valence-corrected chi connectivity index (χ1v) is 6.11. The molecule has 0 spiro atoms. The number of carbonyl (C=O) groups is 1. The zero-order chi connectivity index (χ0) is 14.5. The summed E-state index contributed by atoms with van der Waals surface area (Å²) in [6.45, 7) is 1.73. The molecule has 2 rings (SSSR count). The molecule has 2 aromatic rings. The van der Waals surface area contributed by atoms with Crippen LogP contribution in [0.5, 0.6) is 5.75 Å². The molecule has 0 aliphatic heterocycles. The Bertz CT molecular complexity index is 660. The number of anilines is 1. The Kier molecular flexibility index (Phi) is 3.96. The fourth-order valence-electron chi connectivity index (χ4n) is 1.73. The van der Waals surface area contributed by atoms with Gasteiger partial charge in [0.05, 0.1) is 11.6 Å². The van der Waals surface area contributed by atoms with Crippen LogP contribution in [0.15, 0.2) is 48.8 Å². The predicted octanol–water partition coefficient (Wildman–Crippen LogP) is 1.75. The molecule has 0 bridgehead atoms. The van der Waals surface area contributed by atoms with E-state index in [1.54, 1.807) is 54.1 Å². The Balaban J connectivity index is 2.09. The molecule has 1 amide bonds. The van der Waals surface area contributed by atoms with Gasteiger partial charge in [0.25, 0.3) is 5.91 Å². The molecule has 1 aromatic heterocycles. The first kappa shape index (κ1) is 13.6. The highest BCUT2D eigenvalue weighted by Gasteiger charge is 2.22. The molecule has 20 heavy (non-hydrogen) atoms. The predicted molar refractivity (Wildman–Crippen MR) is 72.8 cm³/mol. The summed E-state index contributed by atoms with van der Waals surface area (Å²) in [4.78, 5) is 12.1. The minimum absolute atomic E-state index is 0.102. The zero-order valence-corrected chi connectivity index (χ0v) is 10.9. The molecule has 0 saturated heterocycles. The molecule has 5 nitrogen and oxygen atoms in total. The van der Waals surface area contributed by atoms with Crippen LogP contribution in [0.3, 0.4) is 0 Å². The number of hydrogen-bond acceptors (Lipinski definition) is 3. The van der Waals surface area contributed by atoms with Crippen LogP contribution in [0.1, 0.15) is 18.5 Å². The Morgan fingerprint density at radius 1 is 1.35 bits per heavy atom. The summed E-state index contributed by atoms with van der Waals surface area (Å²) in [6.07, 6.45) is 3.20. The van der Waals surface area contributed by atoms with Gasteiger partial charge >= 0.3 is 0 Å². The summed E-state index contributed by atoms with van der Waals surface area (Å²) < 4.78 is 1.62. The number of nitrogens with one attached hydrogen (secondary N) is 1. The van der Waals surface area contributed by atoms with E-state index in [2.05, 4.69) is 5.32 Å². The molecule has 5 heteroatoms. The highest BCUT2D eigenvalue weighted by Crippen LogP contribution is 2.11. The van der Waals surface area contributed by atoms with Crippen LogP contribution < -0.4 is 9.88 Å². The van der Waals surface area contributed by atoms with Crippen LogP contribution in [0.2, 0.25) is 0 Å². The number of nitrogens with zero attached hydrogens (tertiary/aromatic N) is 2. The van der Waals surface area contributed by atoms with Crippen molar-refractivity contribution in [3.8, 4) is 11.8 Å². The molecule has 0 fully saturated rings. The Hall–Kier alpha value is -2.87. The highest BCUT2D eigenvalue weighted by atomic mass is 16.3. The topological polar surface area (TPSA) is 77.0 Å². The van der Waals surface area contributed by atoms with E-state index >= 15 is 0 Å². The first-order chi connectivity index (χ1) is 9.60. The largest absolute Gasteiger partial charge is 0.503 e. The van der Waals surface area contributed by atoms with Gasteiger partial charge in [-0.15, -0.1) is 0 Å². The molecule has 0 saturated carbocycles.